The van der Waals surface area contributed by atoms with Gasteiger partial charge in [-0.05, 0) is 25.8 Å². The lowest BCUT2D eigenvalue weighted by molar-refractivity contribution is -0.133. The molecule has 0 aromatic carbocycles. The van der Waals surface area contributed by atoms with Crippen molar-refractivity contribution in [3.8, 4) is 5.88 Å². The largest absolute Gasteiger partial charge is 0.475 e. The number of carbonyl (C=O) groups excluding carboxylic acids is 1. The van der Waals surface area contributed by atoms with Crippen LogP contribution in [0.1, 0.15) is 25.3 Å². The lowest BCUT2D eigenvalue weighted by atomic mass is 9.94. The van der Waals surface area contributed by atoms with E-state index < -0.39 is 0 Å². The summed E-state index contributed by atoms with van der Waals surface area (Å²) in [5.41, 5.74) is 0.858. The fourth-order valence-corrected chi connectivity index (χ4v) is 2.49. The molecule has 0 spiro atoms. The molecule has 1 amide bonds. The maximum atomic E-state index is 12.3. The van der Waals surface area contributed by atoms with Gasteiger partial charge < -0.3 is 19.5 Å². The fraction of sp³-hybridized carbons (Fsp3) is 0.625. The van der Waals surface area contributed by atoms with Crippen LogP contribution in [0.4, 0.5) is 0 Å². The highest BCUT2D eigenvalue weighted by molar-refractivity contribution is 5.79. The zero-order chi connectivity index (χ0) is 15.8. The molecule has 2 atom stereocenters. The SMILES string of the molecule is COCCOc1ncccc1CNC(=O)C1CCCOC1C. The van der Waals surface area contributed by atoms with Crippen molar-refractivity contribution < 1.29 is 19.0 Å². The third kappa shape index (κ3) is 4.68. The molecule has 2 unspecified atom stereocenters. The van der Waals surface area contributed by atoms with Crippen LogP contribution in [-0.2, 0) is 20.8 Å². The summed E-state index contributed by atoms with van der Waals surface area (Å²) in [5.74, 6) is 0.481. The highest BCUT2D eigenvalue weighted by Crippen LogP contribution is 2.21. The summed E-state index contributed by atoms with van der Waals surface area (Å²) >= 11 is 0. The Morgan fingerprint density at radius 3 is 3.14 bits per heavy atom. The Balaban J connectivity index is 1.89. The van der Waals surface area contributed by atoms with Crippen molar-refractivity contribution in [2.45, 2.75) is 32.4 Å². The zero-order valence-corrected chi connectivity index (χ0v) is 13.2. The van der Waals surface area contributed by atoms with Gasteiger partial charge in [-0.1, -0.05) is 6.07 Å². The molecule has 2 rings (SSSR count). The summed E-state index contributed by atoms with van der Waals surface area (Å²) < 4.78 is 16.1. The Kier molecular flexibility index (Phi) is 6.61. The summed E-state index contributed by atoms with van der Waals surface area (Å²) in [6.45, 7) is 4.03. The quantitative estimate of drug-likeness (QED) is 0.774. The van der Waals surface area contributed by atoms with Crippen LogP contribution in [0.2, 0.25) is 0 Å². The smallest absolute Gasteiger partial charge is 0.225 e. The molecule has 0 bridgehead atoms. The van der Waals surface area contributed by atoms with Crippen LogP contribution in [0.25, 0.3) is 0 Å². The van der Waals surface area contributed by atoms with E-state index in [0.717, 1.165) is 25.0 Å². The fourth-order valence-electron chi connectivity index (χ4n) is 2.49. The van der Waals surface area contributed by atoms with Crippen LogP contribution in [-0.4, -0.2) is 43.9 Å². The number of pyridine rings is 1. The molecule has 6 heteroatoms. The van der Waals surface area contributed by atoms with E-state index in [4.69, 9.17) is 14.2 Å². The van der Waals surface area contributed by atoms with E-state index in [9.17, 15) is 4.79 Å². The molecule has 1 aliphatic heterocycles. The molecule has 6 nitrogen and oxygen atoms in total. The Morgan fingerprint density at radius 2 is 2.36 bits per heavy atom. The van der Waals surface area contributed by atoms with Crippen molar-refractivity contribution in [1.82, 2.24) is 10.3 Å². The van der Waals surface area contributed by atoms with E-state index >= 15 is 0 Å². The highest BCUT2D eigenvalue weighted by Gasteiger charge is 2.28. The van der Waals surface area contributed by atoms with Gasteiger partial charge in [0, 0.05) is 32.0 Å². The number of amides is 1. The minimum atomic E-state index is -0.0803. The lowest BCUT2D eigenvalue weighted by Crippen LogP contribution is -2.40. The molecule has 1 aliphatic rings. The first kappa shape index (κ1) is 16.7. The van der Waals surface area contributed by atoms with Gasteiger partial charge in [-0.2, -0.15) is 0 Å². The van der Waals surface area contributed by atoms with Crippen molar-refractivity contribution in [3.05, 3.63) is 23.9 Å². The number of carbonyl (C=O) groups is 1. The van der Waals surface area contributed by atoms with Gasteiger partial charge in [0.1, 0.15) is 6.61 Å². The van der Waals surface area contributed by atoms with Crippen LogP contribution in [0.3, 0.4) is 0 Å². The van der Waals surface area contributed by atoms with Gasteiger partial charge >= 0.3 is 0 Å². The van der Waals surface area contributed by atoms with E-state index in [1.807, 2.05) is 19.1 Å². The first-order chi connectivity index (χ1) is 10.7. The molecular weight excluding hydrogens is 284 g/mol. The van der Waals surface area contributed by atoms with Gasteiger partial charge in [-0.3, -0.25) is 4.79 Å². The van der Waals surface area contributed by atoms with Crippen LogP contribution >= 0.6 is 0 Å². The highest BCUT2D eigenvalue weighted by atomic mass is 16.5. The third-order valence-electron chi connectivity index (χ3n) is 3.77. The normalized spacial score (nSPS) is 21.4. The van der Waals surface area contributed by atoms with Crippen molar-refractivity contribution >= 4 is 5.91 Å². The second kappa shape index (κ2) is 8.70. The number of nitrogens with one attached hydrogen (secondary N) is 1. The molecule has 122 valence electrons. The predicted molar refractivity (Wildman–Crippen MR) is 81.6 cm³/mol. The zero-order valence-electron chi connectivity index (χ0n) is 13.2. The average Bonchev–Trinajstić information content (AvgIpc) is 2.54. The van der Waals surface area contributed by atoms with Crippen LogP contribution in [0.5, 0.6) is 5.88 Å². The Hall–Kier alpha value is -1.66. The van der Waals surface area contributed by atoms with E-state index in [0.29, 0.717) is 25.6 Å². The van der Waals surface area contributed by atoms with Crippen LogP contribution < -0.4 is 10.1 Å². The topological polar surface area (TPSA) is 69.7 Å². The predicted octanol–water partition coefficient (Wildman–Crippen LogP) is 1.54. The summed E-state index contributed by atoms with van der Waals surface area (Å²) in [5, 5.41) is 2.96. The molecule has 1 N–H and O–H groups in total. The van der Waals surface area contributed by atoms with Gasteiger partial charge in [0.25, 0.3) is 0 Å². The monoisotopic (exact) mass is 308 g/mol. The Labute approximate surface area is 131 Å². The van der Waals surface area contributed by atoms with Gasteiger partial charge in [-0.15, -0.1) is 0 Å². The van der Waals surface area contributed by atoms with Crippen molar-refractivity contribution in [1.29, 1.82) is 0 Å². The summed E-state index contributed by atoms with van der Waals surface area (Å²) in [6, 6.07) is 3.73. The Morgan fingerprint density at radius 1 is 1.50 bits per heavy atom. The minimum Gasteiger partial charge on any atom is -0.475 e. The van der Waals surface area contributed by atoms with E-state index in [1.54, 1.807) is 13.3 Å². The number of aromatic nitrogens is 1. The number of rotatable bonds is 7. The summed E-state index contributed by atoms with van der Waals surface area (Å²) in [7, 11) is 1.62. The maximum Gasteiger partial charge on any atom is 0.225 e. The standard InChI is InChI=1S/C16H24N2O4/c1-12-14(6-4-8-21-12)15(19)18-11-13-5-3-7-17-16(13)22-10-9-20-2/h3,5,7,12,14H,4,6,8-11H2,1-2H3,(H,18,19). The van der Waals surface area contributed by atoms with Gasteiger partial charge in [-0.25, -0.2) is 4.98 Å². The van der Waals surface area contributed by atoms with Crippen LogP contribution in [0.15, 0.2) is 18.3 Å². The number of nitrogens with zero attached hydrogens (tertiary/aromatic N) is 1. The van der Waals surface area contributed by atoms with Gasteiger partial charge in [0.15, 0.2) is 0 Å². The molecule has 22 heavy (non-hydrogen) atoms. The lowest BCUT2D eigenvalue weighted by Gasteiger charge is -2.28. The molecule has 0 aliphatic carbocycles. The second-order valence-electron chi connectivity index (χ2n) is 5.35. The van der Waals surface area contributed by atoms with Gasteiger partial charge in [0.2, 0.25) is 11.8 Å². The average molecular weight is 308 g/mol. The van der Waals surface area contributed by atoms with Gasteiger partial charge in [0.05, 0.1) is 18.6 Å². The maximum absolute atomic E-state index is 12.3. The summed E-state index contributed by atoms with van der Waals surface area (Å²) in [4.78, 5) is 16.5. The molecule has 2 heterocycles. The number of hydrogen-bond donors (Lipinski definition) is 1. The molecule has 1 fully saturated rings. The molecule has 0 radical (unpaired) electrons. The van der Waals surface area contributed by atoms with E-state index in [1.165, 1.54) is 0 Å². The minimum absolute atomic E-state index is 0.0268. The number of hydrogen-bond acceptors (Lipinski definition) is 5. The van der Waals surface area contributed by atoms with Crippen molar-refractivity contribution in [3.63, 3.8) is 0 Å². The number of methoxy groups -OCH3 is 1. The van der Waals surface area contributed by atoms with E-state index in [-0.39, 0.29) is 17.9 Å². The molecule has 1 aromatic heterocycles. The second-order valence-corrected chi connectivity index (χ2v) is 5.35. The van der Waals surface area contributed by atoms with Crippen molar-refractivity contribution in [2.24, 2.45) is 5.92 Å². The number of ether oxygens (including phenoxy) is 3. The van der Waals surface area contributed by atoms with Crippen molar-refractivity contribution in [2.75, 3.05) is 26.9 Å². The first-order valence-corrected chi connectivity index (χ1v) is 7.67. The third-order valence-corrected chi connectivity index (χ3v) is 3.77. The first-order valence-electron chi connectivity index (χ1n) is 7.67. The molecule has 1 aromatic rings. The summed E-state index contributed by atoms with van der Waals surface area (Å²) in [6.07, 6.45) is 3.45. The van der Waals surface area contributed by atoms with Crippen LogP contribution in [0, 0.1) is 5.92 Å². The molecule has 1 saturated heterocycles. The molecule has 0 saturated carbocycles. The molecular formula is C16H24N2O4. The van der Waals surface area contributed by atoms with E-state index in [2.05, 4.69) is 10.3 Å². The Bertz CT molecular complexity index is 481.